The van der Waals surface area contributed by atoms with Crippen molar-refractivity contribution >= 4 is 57.9 Å². The first-order valence-corrected chi connectivity index (χ1v) is 22.0. The monoisotopic (exact) mass is 852 g/mol. The van der Waals surface area contributed by atoms with Crippen LogP contribution in [0.3, 0.4) is 0 Å². The van der Waals surface area contributed by atoms with Crippen molar-refractivity contribution in [3.05, 3.63) is 103 Å². The number of fused-ring (bicyclic) bond motifs is 1. The summed E-state index contributed by atoms with van der Waals surface area (Å²) in [5.41, 5.74) is 5.17. The Morgan fingerprint density at radius 3 is 2.32 bits per heavy atom. The molecule has 16 heteroatoms. The highest BCUT2D eigenvalue weighted by Crippen LogP contribution is 2.36. The first-order valence-electron chi connectivity index (χ1n) is 22.0. The number of piperazine rings is 1. The van der Waals surface area contributed by atoms with Crippen molar-refractivity contribution in [2.24, 2.45) is 5.92 Å². The molecule has 326 valence electrons. The molecule has 2 aromatic heterocycles. The molecule has 3 N–H and O–H groups in total. The fraction of sp³-hybridized carbons (Fsp3) is 0.404. The molecule has 3 aromatic carbocycles. The first kappa shape index (κ1) is 41.5. The summed E-state index contributed by atoms with van der Waals surface area (Å²) in [5, 5.41) is 8.96. The van der Waals surface area contributed by atoms with Crippen molar-refractivity contribution < 1.29 is 28.7 Å². The van der Waals surface area contributed by atoms with Crippen molar-refractivity contribution in [1.82, 2.24) is 40.0 Å². The van der Waals surface area contributed by atoms with Crippen LogP contribution >= 0.6 is 0 Å². The number of imidazole rings is 1. The first-order chi connectivity index (χ1) is 30.7. The van der Waals surface area contributed by atoms with Gasteiger partial charge in [0.25, 0.3) is 5.91 Å². The van der Waals surface area contributed by atoms with Crippen LogP contribution < -0.4 is 25.6 Å². The lowest BCUT2D eigenvalue weighted by Crippen LogP contribution is -2.49. The van der Waals surface area contributed by atoms with Gasteiger partial charge in [-0.15, -0.1) is 0 Å². The normalized spacial score (nSPS) is 20.5. The highest BCUT2D eigenvalue weighted by molar-refractivity contribution is 6.01. The number of carbonyl (C=O) groups is 5. The standard InChI is InChI=1S/C47H52N10O6/c58-40-14-13-39(47(62)53-40)33-7-4-8-38(25-33)63-28-43(61)55-17-15-32(16-18-55)24-42(60)56-21-19-54(20-22-56)36-11-9-34(10-12-36)52-45-44-46(49-29-48-45)57(30-50-44)37-26-35(27-37)51-41(59)23-31-5-2-1-3-6-31/h1-12,25,29-30,32,35,37,39H,13-24,26-28H2,(H,51,59)(H,48,49,52)(H,53,58,62). The number of carbonyl (C=O) groups excluding carboxylic acids is 5. The summed E-state index contributed by atoms with van der Waals surface area (Å²) in [6, 6.07) is 25.4. The molecule has 4 aliphatic rings. The van der Waals surface area contributed by atoms with Crippen LogP contribution in [0.5, 0.6) is 5.75 Å². The second-order valence-corrected chi connectivity index (χ2v) is 17.0. The minimum atomic E-state index is -0.417. The number of anilines is 3. The highest BCUT2D eigenvalue weighted by atomic mass is 16.5. The highest BCUT2D eigenvalue weighted by Gasteiger charge is 2.34. The average Bonchev–Trinajstić information content (AvgIpc) is 3.72. The van der Waals surface area contributed by atoms with Gasteiger partial charge in [0.2, 0.25) is 23.6 Å². The number of likely N-dealkylation sites (tertiary alicyclic amines) is 1. The van der Waals surface area contributed by atoms with Crippen molar-refractivity contribution in [2.45, 2.75) is 69.4 Å². The second kappa shape index (κ2) is 18.6. The summed E-state index contributed by atoms with van der Waals surface area (Å²) < 4.78 is 7.90. The van der Waals surface area contributed by atoms with Crippen molar-refractivity contribution in [1.29, 1.82) is 0 Å². The lowest BCUT2D eigenvalue weighted by molar-refractivity contribution is -0.136. The Labute approximate surface area is 365 Å². The Morgan fingerprint density at radius 2 is 1.56 bits per heavy atom. The molecule has 63 heavy (non-hydrogen) atoms. The van der Waals surface area contributed by atoms with E-state index in [1.807, 2.05) is 59.8 Å². The second-order valence-electron chi connectivity index (χ2n) is 17.0. The Balaban J connectivity index is 0.689. The molecule has 5 aromatic rings. The molecule has 1 saturated carbocycles. The lowest BCUT2D eigenvalue weighted by atomic mass is 9.86. The van der Waals surface area contributed by atoms with Crippen LogP contribution in [0, 0.1) is 5.92 Å². The Morgan fingerprint density at radius 1 is 0.794 bits per heavy atom. The maximum atomic E-state index is 13.4. The van der Waals surface area contributed by atoms with Gasteiger partial charge in [-0.3, -0.25) is 29.3 Å². The quantitative estimate of drug-likeness (QED) is 0.142. The van der Waals surface area contributed by atoms with E-state index in [2.05, 4.69) is 52.5 Å². The van der Waals surface area contributed by atoms with Crippen molar-refractivity contribution in [2.75, 3.05) is 56.1 Å². The number of benzene rings is 3. The summed E-state index contributed by atoms with van der Waals surface area (Å²) >= 11 is 0. The molecule has 5 heterocycles. The van der Waals surface area contributed by atoms with Crippen molar-refractivity contribution in [3.63, 3.8) is 0 Å². The van der Waals surface area contributed by atoms with Crippen LogP contribution in [0.2, 0.25) is 0 Å². The molecule has 3 aliphatic heterocycles. The minimum absolute atomic E-state index is 0.0357. The van der Waals surface area contributed by atoms with E-state index >= 15 is 0 Å². The Hall–Kier alpha value is -6.84. The molecule has 16 nitrogen and oxygen atoms in total. The smallest absolute Gasteiger partial charge is 0.260 e. The van der Waals surface area contributed by atoms with Gasteiger partial charge in [-0.2, -0.15) is 0 Å². The predicted molar refractivity (Wildman–Crippen MR) is 235 cm³/mol. The van der Waals surface area contributed by atoms with Crippen LogP contribution in [-0.4, -0.2) is 111 Å². The fourth-order valence-electron chi connectivity index (χ4n) is 9.14. The number of hydrogen-bond donors (Lipinski definition) is 3. The number of aromatic nitrogens is 4. The van der Waals surface area contributed by atoms with Crippen molar-refractivity contribution in [3.8, 4) is 5.75 Å². The van der Waals surface area contributed by atoms with Gasteiger partial charge in [-0.25, -0.2) is 15.0 Å². The molecule has 4 fully saturated rings. The minimum Gasteiger partial charge on any atom is -0.484 e. The zero-order chi connectivity index (χ0) is 43.3. The van der Waals surface area contributed by atoms with Crippen LogP contribution in [0.25, 0.3) is 11.2 Å². The summed E-state index contributed by atoms with van der Waals surface area (Å²) in [6.07, 6.45) is 8.13. The molecule has 1 aliphatic carbocycles. The Kier molecular flexibility index (Phi) is 12.3. The number of hydrogen-bond acceptors (Lipinski definition) is 11. The molecule has 0 radical (unpaired) electrons. The van der Waals surface area contributed by atoms with Gasteiger partial charge in [-0.1, -0.05) is 42.5 Å². The van der Waals surface area contributed by atoms with Crippen LogP contribution in [0.1, 0.15) is 68.0 Å². The summed E-state index contributed by atoms with van der Waals surface area (Å²) in [4.78, 5) is 82.6. The molecule has 0 spiro atoms. The average molecular weight is 853 g/mol. The van der Waals surface area contributed by atoms with Gasteiger partial charge in [0, 0.05) is 75.6 Å². The fourth-order valence-corrected chi connectivity index (χ4v) is 9.14. The number of nitrogens with zero attached hydrogens (tertiary/aromatic N) is 7. The third-order valence-corrected chi connectivity index (χ3v) is 12.9. The van der Waals surface area contributed by atoms with E-state index in [0.29, 0.717) is 68.9 Å². The number of rotatable bonds is 13. The number of imide groups is 1. The third kappa shape index (κ3) is 9.79. The van der Waals surface area contributed by atoms with E-state index in [-0.39, 0.29) is 54.1 Å². The van der Waals surface area contributed by atoms with Gasteiger partial charge in [0.1, 0.15) is 12.1 Å². The zero-order valence-corrected chi connectivity index (χ0v) is 35.2. The number of piperidine rings is 2. The summed E-state index contributed by atoms with van der Waals surface area (Å²) in [5.74, 6) is 0.474. The maximum absolute atomic E-state index is 13.4. The molecule has 5 amide bonds. The lowest BCUT2D eigenvalue weighted by Gasteiger charge is -2.37. The van der Waals surface area contributed by atoms with E-state index in [1.165, 1.54) is 0 Å². The van der Waals surface area contributed by atoms with E-state index < -0.39 is 5.92 Å². The van der Waals surface area contributed by atoms with Crippen LogP contribution in [0.15, 0.2) is 91.5 Å². The van der Waals surface area contributed by atoms with E-state index in [4.69, 9.17) is 4.74 Å². The molecule has 3 saturated heterocycles. The van der Waals surface area contributed by atoms with Crippen LogP contribution in [-0.2, 0) is 30.4 Å². The number of nitrogens with one attached hydrogen (secondary N) is 3. The maximum Gasteiger partial charge on any atom is 0.260 e. The summed E-state index contributed by atoms with van der Waals surface area (Å²) in [7, 11) is 0. The van der Waals surface area contributed by atoms with E-state index in [1.54, 1.807) is 29.4 Å². The van der Waals surface area contributed by atoms with Gasteiger partial charge in [-0.05, 0) is 85.5 Å². The van der Waals surface area contributed by atoms with Gasteiger partial charge in [0.15, 0.2) is 23.6 Å². The largest absolute Gasteiger partial charge is 0.484 e. The molecular formula is C47H52N10O6. The topological polar surface area (TPSA) is 184 Å². The zero-order valence-electron chi connectivity index (χ0n) is 35.2. The molecule has 1 unspecified atom stereocenters. The van der Waals surface area contributed by atoms with Gasteiger partial charge in [0.05, 0.1) is 18.7 Å². The predicted octanol–water partition coefficient (Wildman–Crippen LogP) is 4.51. The molecule has 1 atom stereocenters. The molecular weight excluding hydrogens is 801 g/mol. The number of ether oxygens (including phenoxy) is 1. The summed E-state index contributed by atoms with van der Waals surface area (Å²) in [6.45, 7) is 3.85. The van der Waals surface area contributed by atoms with E-state index in [9.17, 15) is 24.0 Å². The van der Waals surface area contributed by atoms with Gasteiger partial charge < -0.3 is 34.6 Å². The Bertz CT molecular complexity index is 2460. The molecule has 0 bridgehead atoms. The van der Waals surface area contributed by atoms with E-state index in [0.717, 1.165) is 66.9 Å². The molecule has 9 rings (SSSR count). The van der Waals surface area contributed by atoms with Gasteiger partial charge >= 0.3 is 0 Å². The third-order valence-electron chi connectivity index (χ3n) is 12.9. The number of amides is 5. The van der Waals surface area contributed by atoms with Crippen LogP contribution in [0.4, 0.5) is 17.2 Å². The SMILES string of the molecule is O=C1CCC(c2cccc(OCC(=O)N3CCC(CC(=O)N4CCN(c5ccc(Nc6ncnc7c6ncn7C6CC(NC(=O)Cc7ccccc7)C6)cc5)CC4)CC3)c2)C(=O)N1.